The topological polar surface area (TPSA) is 65.1 Å². The third-order valence-electron chi connectivity index (χ3n) is 3.21. The second-order valence-corrected chi connectivity index (χ2v) is 7.35. The number of hydrogen-bond acceptors (Lipinski definition) is 3. The van der Waals surface area contributed by atoms with Crippen molar-refractivity contribution in [3.8, 4) is 0 Å². The molecule has 1 atom stereocenters. The number of nitrogens with zero attached hydrogens (tertiary/aromatic N) is 1. The van der Waals surface area contributed by atoms with Crippen molar-refractivity contribution in [1.29, 1.82) is 0 Å². The molecule has 1 aromatic carbocycles. The average molecular weight is 357 g/mol. The molecule has 20 heavy (non-hydrogen) atoms. The Morgan fingerprint density at radius 2 is 1.90 bits per heavy atom. The molecule has 4 nitrogen and oxygen atoms in total. The van der Waals surface area contributed by atoms with Gasteiger partial charge in [0.25, 0.3) is 10.0 Å². The molecule has 0 unspecified atom stereocenters. The van der Waals surface area contributed by atoms with Gasteiger partial charge in [0.2, 0.25) is 0 Å². The third-order valence-corrected chi connectivity index (χ3v) is 5.74. The van der Waals surface area contributed by atoms with E-state index in [-0.39, 0.29) is 10.9 Å². The Morgan fingerprint density at radius 3 is 2.45 bits per heavy atom. The molecule has 0 spiro atoms. The second-order valence-electron chi connectivity index (χ2n) is 4.72. The maximum absolute atomic E-state index is 12.6. The molecule has 2 aromatic rings. The smallest absolute Gasteiger partial charge is 0.268 e. The van der Waals surface area contributed by atoms with Gasteiger partial charge in [0, 0.05) is 12.2 Å². The average Bonchev–Trinajstić information content (AvgIpc) is 2.81. The van der Waals surface area contributed by atoms with Crippen molar-refractivity contribution in [2.75, 3.05) is 0 Å². The maximum Gasteiger partial charge on any atom is 0.268 e. The first-order chi connectivity index (χ1) is 9.36. The predicted octanol–water partition coefficient (Wildman–Crippen LogP) is 3.21. The predicted molar refractivity (Wildman–Crippen MR) is 83.1 cm³/mol. The van der Waals surface area contributed by atoms with Gasteiger partial charge in [-0.05, 0) is 53.0 Å². The summed E-state index contributed by atoms with van der Waals surface area (Å²) in [4.78, 5) is 0.260. The fourth-order valence-corrected chi connectivity index (χ4v) is 4.07. The van der Waals surface area contributed by atoms with Gasteiger partial charge in [-0.3, -0.25) is 0 Å². The lowest BCUT2D eigenvalue weighted by molar-refractivity contribution is 0.586. The van der Waals surface area contributed by atoms with E-state index >= 15 is 0 Å². The van der Waals surface area contributed by atoms with Crippen LogP contribution >= 0.6 is 15.9 Å². The van der Waals surface area contributed by atoms with E-state index in [9.17, 15) is 8.42 Å². The Balaban J connectivity index is 2.49. The molecule has 0 amide bonds. The highest BCUT2D eigenvalue weighted by Gasteiger charge is 2.21. The van der Waals surface area contributed by atoms with Crippen LogP contribution in [0.15, 0.2) is 46.0 Å². The molecule has 0 aliphatic rings. The van der Waals surface area contributed by atoms with Gasteiger partial charge in [-0.15, -0.1) is 0 Å². The molecule has 0 bridgehead atoms. The minimum absolute atomic E-state index is 0.166. The summed E-state index contributed by atoms with van der Waals surface area (Å²) in [6.45, 7) is 3.88. The van der Waals surface area contributed by atoms with Gasteiger partial charge < -0.3 is 5.73 Å². The van der Waals surface area contributed by atoms with Crippen LogP contribution < -0.4 is 5.73 Å². The van der Waals surface area contributed by atoms with Crippen LogP contribution in [0.5, 0.6) is 0 Å². The molecule has 2 N–H and O–H groups in total. The zero-order chi connectivity index (χ0) is 14.9. The summed E-state index contributed by atoms with van der Waals surface area (Å²) in [5, 5.41) is 0. The van der Waals surface area contributed by atoms with E-state index in [1.165, 1.54) is 3.97 Å². The van der Waals surface area contributed by atoms with E-state index in [0.717, 1.165) is 17.5 Å². The third kappa shape index (κ3) is 2.82. The number of aromatic nitrogens is 1. The number of hydrogen-bond donors (Lipinski definition) is 1. The van der Waals surface area contributed by atoms with Gasteiger partial charge in [-0.1, -0.05) is 24.6 Å². The van der Waals surface area contributed by atoms with E-state index in [4.69, 9.17) is 5.73 Å². The number of rotatable bonds is 4. The largest absolute Gasteiger partial charge is 0.324 e. The highest BCUT2D eigenvalue weighted by atomic mass is 79.9. The molecule has 1 aromatic heterocycles. The fourth-order valence-electron chi connectivity index (χ4n) is 1.88. The van der Waals surface area contributed by atoms with Crippen LogP contribution in [0.25, 0.3) is 0 Å². The lowest BCUT2D eigenvalue weighted by atomic mass is 10.1. The summed E-state index contributed by atoms with van der Waals surface area (Å²) in [5.41, 5.74) is 7.77. The van der Waals surface area contributed by atoms with Crippen molar-refractivity contribution in [2.45, 2.75) is 31.2 Å². The fraction of sp³-hybridized carbons (Fsp3) is 0.286. The van der Waals surface area contributed by atoms with Gasteiger partial charge in [-0.2, -0.15) is 0 Å². The molecular weight excluding hydrogens is 340 g/mol. The van der Waals surface area contributed by atoms with Crippen LogP contribution in [0.2, 0.25) is 0 Å². The molecule has 2 rings (SSSR count). The van der Waals surface area contributed by atoms with Crippen LogP contribution in [0, 0.1) is 6.92 Å². The standard InChI is InChI=1S/C14H17BrN2O2S/c1-3-13(16)11-8-14(15)17(9-11)20(18,19)12-6-4-10(2)5-7-12/h4-9,13H,3,16H2,1-2H3/t13-/m0/s1. The van der Waals surface area contributed by atoms with Crippen LogP contribution in [-0.4, -0.2) is 12.4 Å². The first-order valence-corrected chi connectivity index (χ1v) is 8.55. The van der Waals surface area contributed by atoms with E-state index in [0.29, 0.717) is 4.60 Å². The molecular formula is C14H17BrN2O2S. The molecule has 0 aliphatic carbocycles. The number of halogens is 1. The van der Waals surface area contributed by atoms with Gasteiger partial charge in [-0.25, -0.2) is 12.4 Å². The van der Waals surface area contributed by atoms with Crippen molar-refractivity contribution in [1.82, 2.24) is 3.97 Å². The van der Waals surface area contributed by atoms with Crippen molar-refractivity contribution in [3.05, 3.63) is 52.3 Å². The zero-order valence-electron chi connectivity index (χ0n) is 11.4. The minimum atomic E-state index is -3.59. The minimum Gasteiger partial charge on any atom is -0.324 e. The normalized spacial score (nSPS) is 13.4. The Bertz CT molecular complexity index is 705. The van der Waals surface area contributed by atoms with Crippen LogP contribution in [0.3, 0.4) is 0 Å². The number of aryl methyl sites for hydroxylation is 1. The Labute approximate surface area is 127 Å². The van der Waals surface area contributed by atoms with Crippen molar-refractivity contribution in [2.24, 2.45) is 5.73 Å². The maximum atomic E-state index is 12.6. The first-order valence-electron chi connectivity index (χ1n) is 6.32. The monoisotopic (exact) mass is 356 g/mol. The lowest BCUT2D eigenvalue weighted by Gasteiger charge is -2.08. The molecule has 0 aliphatic heterocycles. The van der Waals surface area contributed by atoms with Gasteiger partial charge in [0.15, 0.2) is 0 Å². The van der Waals surface area contributed by atoms with Crippen molar-refractivity contribution in [3.63, 3.8) is 0 Å². The summed E-state index contributed by atoms with van der Waals surface area (Å²) >= 11 is 3.29. The van der Waals surface area contributed by atoms with E-state index in [1.54, 1.807) is 36.5 Å². The molecule has 1 heterocycles. The Morgan fingerprint density at radius 1 is 1.30 bits per heavy atom. The van der Waals surface area contributed by atoms with Crippen LogP contribution in [0.4, 0.5) is 0 Å². The van der Waals surface area contributed by atoms with Crippen molar-refractivity contribution < 1.29 is 8.42 Å². The van der Waals surface area contributed by atoms with E-state index in [2.05, 4.69) is 15.9 Å². The first kappa shape index (κ1) is 15.3. The molecule has 0 saturated carbocycles. The number of nitrogens with two attached hydrogens (primary N) is 1. The summed E-state index contributed by atoms with van der Waals surface area (Å²) in [6, 6.07) is 8.36. The summed E-state index contributed by atoms with van der Waals surface area (Å²) in [6.07, 6.45) is 2.33. The molecule has 0 saturated heterocycles. The van der Waals surface area contributed by atoms with E-state index in [1.807, 2.05) is 13.8 Å². The SMILES string of the molecule is CC[C@H](N)c1cc(Br)n(S(=O)(=O)c2ccc(C)cc2)c1. The second kappa shape index (κ2) is 5.71. The Kier molecular flexibility index (Phi) is 4.36. The summed E-state index contributed by atoms with van der Waals surface area (Å²) in [5.74, 6) is 0. The molecule has 6 heteroatoms. The summed E-state index contributed by atoms with van der Waals surface area (Å²) < 4.78 is 26.9. The molecule has 0 fully saturated rings. The number of benzene rings is 1. The molecule has 108 valence electrons. The highest BCUT2D eigenvalue weighted by molar-refractivity contribution is 9.10. The highest BCUT2D eigenvalue weighted by Crippen LogP contribution is 2.26. The van der Waals surface area contributed by atoms with Gasteiger partial charge >= 0.3 is 0 Å². The van der Waals surface area contributed by atoms with Gasteiger partial charge in [0.1, 0.15) is 4.60 Å². The van der Waals surface area contributed by atoms with Crippen molar-refractivity contribution >= 4 is 26.0 Å². The van der Waals surface area contributed by atoms with Gasteiger partial charge in [0.05, 0.1) is 4.90 Å². The Hall–Kier alpha value is -1.11. The van der Waals surface area contributed by atoms with Crippen LogP contribution in [0.1, 0.15) is 30.5 Å². The van der Waals surface area contributed by atoms with Crippen LogP contribution in [-0.2, 0) is 10.0 Å². The zero-order valence-corrected chi connectivity index (χ0v) is 13.8. The lowest BCUT2D eigenvalue weighted by Crippen LogP contribution is -2.13. The quantitative estimate of drug-likeness (QED) is 0.914. The van der Waals surface area contributed by atoms with E-state index < -0.39 is 10.0 Å². The molecule has 0 radical (unpaired) electrons. The summed E-state index contributed by atoms with van der Waals surface area (Å²) in [7, 11) is -3.59.